The summed E-state index contributed by atoms with van der Waals surface area (Å²) in [6, 6.07) is 6.09. The molecule has 2 aliphatic heterocycles. The van der Waals surface area contributed by atoms with E-state index in [4.69, 9.17) is 11.6 Å². The maximum atomic E-state index is 14.6. The summed E-state index contributed by atoms with van der Waals surface area (Å²) in [5.41, 5.74) is 0.121. The Morgan fingerprint density at radius 1 is 0.907 bits per heavy atom. The number of likely N-dealkylation sites (N-methyl/N-ethyl adjacent to an activating group) is 1. The molecule has 0 N–H and O–H groups in total. The zero-order valence-corrected chi connectivity index (χ0v) is 27.8. The zero-order valence-electron chi connectivity index (χ0n) is 27.0. The molecule has 4 atom stereocenters. The van der Waals surface area contributed by atoms with Gasteiger partial charge in [-0.25, -0.2) is 8.78 Å². The van der Waals surface area contributed by atoms with E-state index in [-0.39, 0.29) is 67.4 Å². The van der Waals surface area contributed by atoms with Crippen molar-refractivity contribution in [3.05, 3.63) is 34.9 Å². The van der Waals surface area contributed by atoms with Gasteiger partial charge >= 0.3 is 0 Å². The summed E-state index contributed by atoms with van der Waals surface area (Å²) in [5.74, 6) is -3.64. The molecule has 3 amide bonds. The van der Waals surface area contributed by atoms with Crippen molar-refractivity contribution < 1.29 is 23.2 Å². The summed E-state index contributed by atoms with van der Waals surface area (Å²) in [5, 5.41) is 0.625. The average molecular weight is 623 g/mol. The molecule has 2 heterocycles. The Labute approximate surface area is 260 Å². The molecule has 1 saturated carbocycles. The van der Waals surface area contributed by atoms with Crippen LogP contribution in [-0.2, 0) is 14.4 Å². The van der Waals surface area contributed by atoms with Crippen LogP contribution in [0.25, 0.3) is 0 Å². The lowest BCUT2D eigenvalue weighted by molar-refractivity contribution is -0.149. The minimum atomic E-state index is -2.73. The van der Waals surface area contributed by atoms with Crippen LogP contribution < -0.4 is 0 Å². The lowest BCUT2D eigenvalue weighted by atomic mass is 9.86. The molecule has 0 bridgehead atoms. The Morgan fingerprint density at radius 3 is 2.00 bits per heavy atom. The summed E-state index contributed by atoms with van der Waals surface area (Å²) in [7, 11) is 3.35. The minimum Gasteiger partial charge on any atom is -0.347 e. The molecule has 1 aromatic rings. The average Bonchev–Trinajstić information content (AvgIpc) is 3.54. The summed E-state index contributed by atoms with van der Waals surface area (Å²) < 4.78 is 28.3. The molecular weight excluding hydrogens is 574 g/mol. The van der Waals surface area contributed by atoms with E-state index in [0.29, 0.717) is 24.5 Å². The molecular formula is C33H49ClF2N4O3. The first-order chi connectivity index (χ1) is 19.8. The third-order valence-electron chi connectivity index (χ3n) is 9.52. The molecule has 0 aromatic heterocycles. The van der Waals surface area contributed by atoms with Crippen molar-refractivity contribution in [2.45, 2.75) is 109 Å². The van der Waals surface area contributed by atoms with Gasteiger partial charge in [-0.3, -0.25) is 19.3 Å². The lowest BCUT2D eigenvalue weighted by Crippen LogP contribution is -2.54. The van der Waals surface area contributed by atoms with Crippen LogP contribution in [0.5, 0.6) is 0 Å². The SMILES string of the molecule is CN(C)C(=O)[C@@H]1C[C@H](N(C(=O)C(C)(C)C)C2CCC(F)(F)CC2)CN1C(=O)[C@@H]1CN(C(C)(C)C)C[C@H]1c1ccc(Cl)cc1. The highest BCUT2D eigenvalue weighted by Gasteiger charge is 2.51. The van der Waals surface area contributed by atoms with Crippen LogP contribution in [0.1, 0.15) is 85.1 Å². The van der Waals surface area contributed by atoms with Crippen LogP contribution >= 0.6 is 11.6 Å². The fourth-order valence-electron chi connectivity index (χ4n) is 6.97. The van der Waals surface area contributed by atoms with Gasteiger partial charge in [0.15, 0.2) is 0 Å². The van der Waals surface area contributed by atoms with Crippen molar-refractivity contribution in [2.75, 3.05) is 33.7 Å². The van der Waals surface area contributed by atoms with Crippen LogP contribution in [0.2, 0.25) is 5.02 Å². The molecule has 4 rings (SSSR count). The summed E-state index contributed by atoms with van der Waals surface area (Å²) in [4.78, 5) is 49.4. The number of halogens is 3. The van der Waals surface area contributed by atoms with E-state index in [0.717, 1.165) is 5.56 Å². The molecule has 1 aliphatic carbocycles. The van der Waals surface area contributed by atoms with E-state index in [1.807, 2.05) is 45.0 Å². The second-order valence-corrected chi connectivity index (χ2v) is 15.5. The highest BCUT2D eigenvalue weighted by atomic mass is 35.5. The normalized spacial score (nSPS) is 26.9. The number of nitrogens with zero attached hydrogens (tertiary/aromatic N) is 4. The number of carbonyl (C=O) groups is 3. The lowest BCUT2D eigenvalue weighted by Gasteiger charge is -2.43. The van der Waals surface area contributed by atoms with E-state index in [9.17, 15) is 23.2 Å². The number of rotatable bonds is 5. The predicted molar refractivity (Wildman–Crippen MR) is 165 cm³/mol. The van der Waals surface area contributed by atoms with Crippen molar-refractivity contribution in [1.29, 1.82) is 0 Å². The number of hydrogen-bond donors (Lipinski definition) is 0. The topological polar surface area (TPSA) is 64.2 Å². The van der Waals surface area contributed by atoms with E-state index >= 15 is 0 Å². The number of alkyl halides is 2. The number of carbonyl (C=O) groups excluding carboxylic acids is 3. The fourth-order valence-corrected chi connectivity index (χ4v) is 7.10. The first-order valence-corrected chi connectivity index (χ1v) is 15.9. The molecule has 3 fully saturated rings. The van der Waals surface area contributed by atoms with E-state index < -0.39 is 29.3 Å². The molecule has 7 nitrogen and oxygen atoms in total. The molecule has 1 aromatic carbocycles. The van der Waals surface area contributed by atoms with E-state index in [1.165, 1.54) is 4.90 Å². The van der Waals surface area contributed by atoms with E-state index in [2.05, 4.69) is 25.7 Å². The van der Waals surface area contributed by atoms with Gasteiger partial charge in [0, 0.05) is 74.5 Å². The quantitative estimate of drug-likeness (QED) is 0.425. The molecule has 10 heteroatoms. The van der Waals surface area contributed by atoms with Crippen LogP contribution in [0, 0.1) is 11.3 Å². The number of amides is 3. The van der Waals surface area contributed by atoms with E-state index in [1.54, 1.807) is 23.9 Å². The number of benzene rings is 1. The van der Waals surface area contributed by atoms with Crippen LogP contribution in [-0.4, -0.2) is 101 Å². The summed E-state index contributed by atoms with van der Waals surface area (Å²) >= 11 is 6.19. The van der Waals surface area contributed by atoms with Gasteiger partial charge in [0.2, 0.25) is 23.6 Å². The van der Waals surface area contributed by atoms with Gasteiger partial charge in [0.25, 0.3) is 0 Å². The van der Waals surface area contributed by atoms with Gasteiger partial charge < -0.3 is 14.7 Å². The van der Waals surface area contributed by atoms with Crippen LogP contribution in [0.15, 0.2) is 24.3 Å². The maximum Gasteiger partial charge on any atom is 0.248 e. The second kappa shape index (κ2) is 12.3. The first kappa shape index (κ1) is 33.6. The number of likely N-dealkylation sites (tertiary alicyclic amines) is 2. The highest BCUT2D eigenvalue weighted by Crippen LogP contribution is 2.42. The van der Waals surface area contributed by atoms with Gasteiger partial charge in [-0.2, -0.15) is 0 Å². The van der Waals surface area contributed by atoms with Crippen molar-refractivity contribution in [3.63, 3.8) is 0 Å². The monoisotopic (exact) mass is 622 g/mol. The van der Waals surface area contributed by atoms with Gasteiger partial charge in [-0.1, -0.05) is 44.5 Å². The smallest absolute Gasteiger partial charge is 0.248 e. The summed E-state index contributed by atoms with van der Waals surface area (Å²) in [6.07, 6.45) is 0.155. The Kier molecular flexibility index (Phi) is 9.59. The minimum absolute atomic E-state index is 0.0916. The highest BCUT2D eigenvalue weighted by molar-refractivity contribution is 6.30. The Balaban J connectivity index is 1.69. The third kappa shape index (κ3) is 7.35. The maximum absolute atomic E-state index is 14.6. The predicted octanol–water partition coefficient (Wildman–Crippen LogP) is 5.66. The Bertz CT molecular complexity index is 1180. The third-order valence-corrected chi connectivity index (χ3v) is 9.77. The van der Waals surface area contributed by atoms with Gasteiger partial charge in [-0.05, 0) is 57.7 Å². The molecule has 240 valence electrons. The van der Waals surface area contributed by atoms with Crippen molar-refractivity contribution in [1.82, 2.24) is 19.6 Å². The Hall–Kier alpha value is -2.26. The van der Waals surface area contributed by atoms with Crippen molar-refractivity contribution in [3.8, 4) is 0 Å². The van der Waals surface area contributed by atoms with Crippen LogP contribution in [0.3, 0.4) is 0 Å². The zero-order chi connectivity index (χ0) is 32.1. The van der Waals surface area contributed by atoms with Crippen LogP contribution in [0.4, 0.5) is 8.78 Å². The summed E-state index contributed by atoms with van der Waals surface area (Å²) in [6.45, 7) is 13.3. The Morgan fingerprint density at radius 2 is 1.49 bits per heavy atom. The molecule has 0 unspecified atom stereocenters. The largest absolute Gasteiger partial charge is 0.347 e. The molecule has 0 spiro atoms. The molecule has 43 heavy (non-hydrogen) atoms. The number of hydrogen-bond acceptors (Lipinski definition) is 4. The van der Waals surface area contributed by atoms with Crippen molar-refractivity contribution in [2.24, 2.45) is 11.3 Å². The van der Waals surface area contributed by atoms with Gasteiger partial charge in [-0.15, -0.1) is 0 Å². The van der Waals surface area contributed by atoms with Crippen molar-refractivity contribution >= 4 is 29.3 Å². The fraction of sp³-hybridized carbons (Fsp3) is 0.727. The standard InChI is InChI=1S/C33H49ClF2N4O3/c1-31(2,3)30(43)40(23-13-15-33(35,36)16-14-23)24-17-27(29(42)37(7)8)39(18-24)28(41)26-20-38(32(4,5)6)19-25(26)21-9-11-22(34)12-10-21/h9-12,23-27H,13-20H2,1-8H3/t24-,25-,26+,27-/m0/s1. The molecule has 2 saturated heterocycles. The molecule has 0 radical (unpaired) electrons. The van der Waals surface area contributed by atoms with Gasteiger partial charge in [0.05, 0.1) is 12.0 Å². The molecule has 3 aliphatic rings. The second-order valence-electron chi connectivity index (χ2n) is 15.0. The van der Waals surface area contributed by atoms with Gasteiger partial charge in [0.1, 0.15) is 6.04 Å². The first-order valence-electron chi connectivity index (χ1n) is 15.5.